The summed E-state index contributed by atoms with van der Waals surface area (Å²) in [6.07, 6.45) is 0. The third kappa shape index (κ3) is 2.63. The first-order chi connectivity index (χ1) is 6.43. The zero-order valence-electron chi connectivity index (χ0n) is 7.64. The third-order valence-corrected chi connectivity index (χ3v) is 3.96. The van der Waals surface area contributed by atoms with E-state index < -0.39 is 0 Å². The lowest BCUT2D eigenvalue weighted by Gasteiger charge is -2.11. The van der Waals surface area contributed by atoms with E-state index in [0.717, 1.165) is 0 Å². The molecular formula is C9H9Cl3OS. The van der Waals surface area contributed by atoms with E-state index in [2.05, 4.69) is 0 Å². The smallest absolute Gasteiger partial charge is 0.137 e. The Hall–Kier alpha value is 0.240. The molecule has 1 N–H and O–H groups in total. The summed E-state index contributed by atoms with van der Waals surface area (Å²) in [6.45, 7) is 4.05. The maximum Gasteiger partial charge on any atom is 0.137 e. The maximum absolute atomic E-state index is 9.33. The molecule has 0 bridgehead atoms. The summed E-state index contributed by atoms with van der Waals surface area (Å²) in [4.78, 5) is 0.714. The van der Waals surface area contributed by atoms with E-state index in [1.807, 2.05) is 13.8 Å². The quantitative estimate of drug-likeness (QED) is 0.613. The molecule has 14 heavy (non-hydrogen) atoms. The monoisotopic (exact) mass is 270 g/mol. The van der Waals surface area contributed by atoms with Gasteiger partial charge in [-0.15, -0.1) is 11.8 Å². The highest BCUT2D eigenvalue weighted by molar-refractivity contribution is 8.00. The van der Waals surface area contributed by atoms with Crippen molar-refractivity contribution in [3.8, 4) is 5.75 Å². The van der Waals surface area contributed by atoms with Crippen LogP contribution in [0, 0.1) is 0 Å². The maximum atomic E-state index is 9.33. The van der Waals surface area contributed by atoms with Gasteiger partial charge in [-0.2, -0.15) is 0 Å². The van der Waals surface area contributed by atoms with Gasteiger partial charge in [0.15, 0.2) is 0 Å². The molecular weight excluding hydrogens is 263 g/mol. The highest BCUT2D eigenvalue weighted by Crippen LogP contribution is 2.44. The summed E-state index contributed by atoms with van der Waals surface area (Å²) >= 11 is 19.2. The van der Waals surface area contributed by atoms with Crippen LogP contribution in [0.5, 0.6) is 5.75 Å². The predicted octanol–water partition coefficient (Wildman–Crippen LogP) is 4.85. The molecule has 0 heterocycles. The van der Waals surface area contributed by atoms with Crippen LogP contribution in [0.4, 0.5) is 0 Å². The minimum atomic E-state index is -0.0882. The first kappa shape index (κ1) is 12.3. The molecule has 0 fully saturated rings. The lowest BCUT2D eigenvalue weighted by Crippen LogP contribution is -1.88. The van der Waals surface area contributed by atoms with E-state index in [1.165, 1.54) is 17.8 Å². The van der Waals surface area contributed by atoms with Crippen molar-refractivity contribution in [3.05, 3.63) is 21.1 Å². The average molecular weight is 272 g/mol. The Morgan fingerprint density at radius 2 is 1.79 bits per heavy atom. The van der Waals surface area contributed by atoms with Crippen molar-refractivity contribution in [2.24, 2.45) is 0 Å². The van der Waals surface area contributed by atoms with Crippen LogP contribution >= 0.6 is 46.6 Å². The van der Waals surface area contributed by atoms with Crippen molar-refractivity contribution in [3.63, 3.8) is 0 Å². The number of benzene rings is 1. The molecule has 1 nitrogen and oxygen atoms in total. The van der Waals surface area contributed by atoms with Crippen LogP contribution in [0.3, 0.4) is 0 Å². The predicted molar refractivity (Wildman–Crippen MR) is 64.1 cm³/mol. The van der Waals surface area contributed by atoms with E-state index in [0.29, 0.717) is 20.2 Å². The first-order valence-electron chi connectivity index (χ1n) is 3.96. The highest BCUT2D eigenvalue weighted by Gasteiger charge is 2.15. The van der Waals surface area contributed by atoms with Crippen molar-refractivity contribution in [1.82, 2.24) is 0 Å². The molecule has 1 aromatic rings. The van der Waals surface area contributed by atoms with Crippen LogP contribution in [-0.2, 0) is 0 Å². The van der Waals surface area contributed by atoms with Gasteiger partial charge in [0, 0.05) is 16.2 Å². The van der Waals surface area contributed by atoms with Crippen molar-refractivity contribution in [1.29, 1.82) is 0 Å². The Kier molecular flexibility index (Phi) is 4.26. The summed E-state index contributed by atoms with van der Waals surface area (Å²) in [5, 5.41) is 10.6. The minimum Gasteiger partial charge on any atom is -0.506 e. The standard InChI is InChI=1S/C9H9Cl3OS/c1-4(2)14-9-5(10)3-6(13)7(11)8(9)12/h3-4,13H,1-2H3. The van der Waals surface area contributed by atoms with Crippen molar-refractivity contribution < 1.29 is 5.11 Å². The van der Waals surface area contributed by atoms with Gasteiger partial charge in [-0.3, -0.25) is 0 Å². The normalized spacial score (nSPS) is 11.0. The van der Waals surface area contributed by atoms with Gasteiger partial charge in [-0.1, -0.05) is 48.7 Å². The molecule has 0 unspecified atom stereocenters. The molecule has 0 saturated carbocycles. The van der Waals surface area contributed by atoms with Crippen LogP contribution in [0.25, 0.3) is 0 Å². The van der Waals surface area contributed by atoms with E-state index in [4.69, 9.17) is 34.8 Å². The first-order valence-corrected chi connectivity index (χ1v) is 5.98. The summed E-state index contributed by atoms with van der Waals surface area (Å²) in [6, 6.07) is 1.40. The van der Waals surface area contributed by atoms with Crippen LogP contribution < -0.4 is 0 Å². The second-order valence-corrected chi connectivity index (χ2v) is 5.75. The topological polar surface area (TPSA) is 20.2 Å². The van der Waals surface area contributed by atoms with Crippen molar-refractivity contribution in [2.75, 3.05) is 0 Å². The number of thioether (sulfide) groups is 1. The fourth-order valence-electron chi connectivity index (χ4n) is 0.910. The number of phenolic OH excluding ortho intramolecular Hbond substituents is 1. The SMILES string of the molecule is CC(C)Sc1c(Cl)cc(O)c(Cl)c1Cl. The third-order valence-electron chi connectivity index (χ3n) is 1.45. The molecule has 78 valence electrons. The molecule has 1 aromatic carbocycles. The van der Waals surface area contributed by atoms with Crippen LogP contribution in [0.2, 0.25) is 15.1 Å². The summed E-state index contributed by atoms with van der Waals surface area (Å²) < 4.78 is 0. The number of hydrogen-bond donors (Lipinski definition) is 1. The number of halogens is 3. The van der Waals surface area contributed by atoms with E-state index in [-0.39, 0.29) is 10.8 Å². The fourth-order valence-corrected chi connectivity index (χ4v) is 2.68. The summed E-state index contributed by atoms with van der Waals surface area (Å²) in [5.74, 6) is -0.0882. The van der Waals surface area contributed by atoms with Gasteiger partial charge >= 0.3 is 0 Å². The van der Waals surface area contributed by atoms with Gasteiger partial charge in [0.05, 0.1) is 10.0 Å². The molecule has 0 atom stereocenters. The number of phenols is 1. The van der Waals surface area contributed by atoms with Gasteiger partial charge < -0.3 is 5.11 Å². The molecule has 0 saturated heterocycles. The highest BCUT2D eigenvalue weighted by atomic mass is 35.5. The van der Waals surface area contributed by atoms with Crippen LogP contribution in [-0.4, -0.2) is 10.4 Å². The Morgan fingerprint density at radius 3 is 2.29 bits per heavy atom. The van der Waals surface area contributed by atoms with Gasteiger partial charge in [-0.05, 0) is 0 Å². The summed E-state index contributed by atoms with van der Waals surface area (Å²) in [5.41, 5.74) is 0. The van der Waals surface area contributed by atoms with Crippen molar-refractivity contribution >= 4 is 46.6 Å². The molecule has 0 aliphatic carbocycles. The average Bonchev–Trinajstić information content (AvgIpc) is 2.09. The second-order valence-electron chi connectivity index (χ2n) is 3.00. The molecule has 0 aromatic heterocycles. The van der Waals surface area contributed by atoms with E-state index in [1.54, 1.807) is 0 Å². The van der Waals surface area contributed by atoms with Crippen LogP contribution in [0.1, 0.15) is 13.8 Å². The molecule has 5 heteroatoms. The van der Waals surface area contributed by atoms with E-state index >= 15 is 0 Å². The fraction of sp³-hybridized carbons (Fsp3) is 0.333. The molecule has 0 radical (unpaired) electrons. The van der Waals surface area contributed by atoms with Gasteiger partial charge in [0.25, 0.3) is 0 Å². The molecule has 0 aliphatic heterocycles. The Morgan fingerprint density at radius 1 is 1.21 bits per heavy atom. The van der Waals surface area contributed by atoms with Gasteiger partial charge in [-0.25, -0.2) is 0 Å². The lowest BCUT2D eigenvalue weighted by molar-refractivity contribution is 0.475. The zero-order chi connectivity index (χ0) is 10.9. The van der Waals surface area contributed by atoms with Gasteiger partial charge in [0.1, 0.15) is 10.8 Å². The van der Waals surface area contributed by atoms with Gasteiger partial charge in [0.2, 0.25) is 0 Å². The molecule has 0 spiro atoms. The molecule has 1 rings (SSSR count). The number of aromatic hydroxyl groups is 1. The second kappa shape index (κ2) is 4.84. The zero-order valence-corrected chi connectivity index (χ0v) is 10.7. The largest absolute Gasteiger partial charge is 0.506 e. The van der Waals surface area contributed by atoms with E-state index in [9.17, 15) is 5.11 Å². The summed E-state index contributed by atoms with van der Waals surface area (Å²) in [7, 11) is 0. The molecule has 0 aliphatic rings. The number of rotatable bonds is 2. The lowest BCUT2D eigenvalue weighted by atomic mass is 10.3. The molecule has 0 amide bonds. The Bertz CT molecular complexity index is 352. The Balaban J connectivity index is 3.22. The Labute approximate surface area is 102 Å². The minimum absolute atomic E-state index is 0.0882. The van der Waals surface area contributed by atoms with Crippen LogP contribution in [0.15, 0.2) is 11.0 Å². The van der Waals surface area contributed by atoms with Crippen molar-refractivity contribution in [2.45, 2.75) is 24.0 Å². The number of hydrogen-bond acceptors (Lipinski definition) is 2.